The van der Waals surface area contributed by atoms with Crippen molar-refractivity contribution in [3.05, 3.63) is 18.0 Å². The van der Waals surface area contributed by atoms with E-state index in [4.69, 9.17) is 4.74 Å². The van der Waals surface area contributed by atoms with E-state index in [-0.39, 0.29) is 0 Å². The maximum atomic E-state index is 5.07. The van der Waals surface area contributed by atoms with E-state index in [1.54, 1.807) is 0 Å². The van der Waals surface area contributed by atoms with Gasteiger partial charge < -0.3 is 10.1 Å². The first-order chi connectivity index (χ1) is 6.36. The van der Waals surface area contributed by atoms with Gasteiger partial charge in [-0.1, -0.05) is 0 Å². The average Bonchev–Trinajstić information content (AvgIpc) is 2.42. The van der Waals surface area contributed by atoms with Gasteiger partial charge in [0, 0.05) is 31.9 Å². The van der Waals surface area contributed by atoms with Crippen molar-refractivity contribution in [3.63, 3.8) is 0 Å². The number of aryl methyl sites for hydroxylation is 1. The summed E-state index contributed by atoms with van der Waals surface area (Å²) in [4.78, 5) is 0. The summed E-state index contributed by atoms with van der Waals surface area (Å²) in [7, 11) is 1.97. The number of ether oxygens (including phenoxy) is 1. The Hall–Kier alpha value is -0.870. The Kier molecular flexibility index (Phi) is 2.61. The van der Waals surface area contributed by atoms with Crippen LogP contribution in [-0.4, -0.2) is 35.6 Å². The van der Waals surface area contributed by atoms with Gasteiger partial charge in [0.25, 0.3) is 0 Å². The highest BCUT2D eigenvalue weighted by Gasteiger charge is 2.16. The van der Waals surface area contributed by atoms with Crippen molar-refractivity contribution in [1.82, 2.24) is 15.1 Å². The van der Waals surface area contributed by atoms with Crippen LogP contribution in [0, 0.1) is 0 Å². The third kappa shape index (κ3) is 2.08. The number of hydrogen-bond donors (Lipinski definition) is 1. The van der Waals surface area contributed by atoms with E-state index < -0.39 is 0 Å². The van der Waals surface area contributed by atoms with Crippen LogP contribution < -0.4 is 5.32 Å². The van der Waals surface area contributed by atoms with Gasteiger partial charge in [-0.05, 0) is 6.07 Å². The molecule has 2 rings (SSSR count). The van der Waals surface area contributed by atoms with Crippen LogP contribution in [0.5, 0.6) is 0 Å². The van der Waals surface area contributed by atoms with E-state index in [1.165, 1.54) is 5.69 Å². The molecule has 1 aliphatic rings. The average molecular weight is 181 g/mol. The molecule has 0 spiro atoms. The molecule has 4 heteroatoms. The monoisotopic (exact) mass is 181 g/mol. The fraction of sp³-hybridized carbons (Fsp3) is 0.667. The van der Waals surface area contributed by atoms with E-state index in [0.717, 1.165) is 26.2 Å². The lowest BCUT2D eigenvalue weighted by Gasteiger charge is -2.26. The second-order valence-corrected chi connectivity index (χ2v) is 3.38. The summed E-state index contributed by atoms with van der Waals surface area (Å²) >= 11 is 0. The zero-order valence-corrected chi connectivity index (χ0v) is 7.86. The summed E-state index contributed by atoms with van der Waals surface area (Å²) in [5.74, 6) is 0. The molecule has 0 amide bonds. The Balaban J connectivity index is 1.70. The highest BCUT2D eigenvalue weighted by atomic mass is 16.5. The summed E-state index contributed by atoms with van der Waals surface area (Å²) in [5, 5.41) is 7.53. The third-order valence-corrected chi connectivity index (χ3v) is 2.37. The minimum absolute atomic E-state index is 0.577. The number of rotatable bonds is 4. The molecular formula is C9H15N3O. The van der Waals surface area contributed by atoms with Crippen molar-refractivity contribution in [1.29, 1.82) is 0 Å². The molecule has 4 nitrogen and oxygen atoms in total. The Bertz CT molecular complexity index is 268. The first-order valence-electron chi connectivity index (χ1n) is 4.64. The molecule has 72 valence electrons. The van der Waals surface area contributed by atoms with Crippen molar-refractivity contribution >= 4 is 0 Å². The Morgan fingerprint density at radius 3 is 3.08 bits per heavy atom. The molecule has 0 aliphatic carbocycles. The second-order valence-electron chi connectivity index (χ2n) is 3.38. The number of nitrogens with one attached hydrogen (secondary N) is 1. The van der Waals surface area contributed by atoms with Crippen LogP contribution in [0.3, 0.4) is 0 Å². The molecule has 0 saturated carbocycles. The number of hydrogen-bond acceptors (Lipinski definition) is 3. The zero-order chi connectivity index (χ0) is 9.10. The minimum Gasteiger partial charge on any atom is -0.378 e. The second kappa shape index (κ2) is 3.89. The van der Waals surface area contributed by atoms with E-state index in [0.29, 0.717) is 6.04 Å². The molecule has 1 aromatic rings. The van der Waals surface area contributed by atoms with Crippen molar-refractivity contribution < 1.29 is 4.74 Å². The first kappa shape index (κ1) is 8.72. The van der Waals surface area contributed by atoms with Crippen LogP contribution in [0.15, 0.2) is 12.3 Å². The first-order valence-corrected chi connectivity index (χ1v) is 4.64. The fourth-order valence-electron chi connectivity index (χ4n) is 1.40. The maximum absolute atomic E-state index is 5.07. The molecule has 1 aromatic heterocycles. The van der Waals surface area contributed by atoms with Crippen LogP contribution in [0.4, 0.5) is 0 Å². The summed E-state index contributed by atoms with van der Waals surface area (Å²) in [6.45, 7) is 2.74. The van der Waals surface area contributed by atoms with Crippen LogP contribution in [0.25, 0.3) is 0 Å². The third-order valence-electron chi connectivity index (χ3n) is 2.37. The Morgan fingerprint density at radius 2 is 2.54 bits per heavy atom. The lowest BCUT2D eigenvalue weighted by Crippen LogP contribution is -2.46. The van der Waals surface area contributed by atoms with Gasteiger partial charge in [0.1, 0.15) is 0 Å². The molecule has 0 aromatic carbocycles. The SMILES string of the molecule is Cn1nccc1CCNC1COC1. The molecule has 0 unspecified atom stereocenters. The zero-order valence-electron chi connectivity index (χ0n) is 7.86. The molecule has 2 heterocycles. The fourth-order valence-corrected chi connectivity index (χ4v) is 1.40. The number of nitrogens with zero attached hydrogens (tertiary/aromatic N) is 2. The minimum atomic E-state index is 0.577. The van der Waals surface area contributed by atoms with Gasteiger partial charge >= 0.3 is 0 Å². The van der Waals surface area contributed by atoms with Crippen LogP contribution in [-0.2, 0) is 18.2 Å². The van der Waals surface area contributed by atoms with Gasteiger partial charge in [0.2, 0.25) is 0 Å². The molecule has 13 heavy (non-hydrogen) atoms. The lowest BCUT2D eigenvalue weighted by atomic mass is 10.2. The summed E-state index contributed by atoms with van der Waals surface area (Å²) < 4.78 is 6.98. The lowest BCUT2D eigenvalue weighted by molar-refractivity contribution is -0.00471. The molecule has 1 saturated heterocycles. The van der Waals surface area contributed by atoms with Crippen LogP contribution in [0.2, 0.25) is 0 Å². The standard InChI is InChI=1S/C9H15N3O/c1-12-9(3-5-11-12)2-4-10-8-6-13-7-8/h3,5,8,10H,2,4,6-7H2,1H3. The smallest absolute Gasteiger partial charge is 0.0643 e. The van der Waals surface area contributed by atoms with Gasteiger partial charge in [-0.15, -0.1) is 0 Å². The molecular weight excluding hydrogens is 166 g/mol. The van der Waals surface area contributed by atoms with E-state index in [2.05, 4.69) is 16.5 Å². The van der Waals surface area contributed by atoms with Gasteiger partial charge in [-0.2, -0.15) is 5.10 Å². The highest BCUT2D eigenvalue weighted by Crippen LogP contribution is 2.00. The van der Waals surface area contributed by atoms with Gasteiger partial charge in [-0.3, -0.25) is 4.68 Å². The van der Waals surface area contributed by atoms with E-state index >= 15 is 0 Å². The van der Waals surface area contributed by atoms with Crippen molar-refractivity contribution in [2.24, 2.45) is 7.05 Å². The largest absolute Gasteiger partial charge is 0.378 e. The quantitative estimate of drug-likeness (QED) is 0.708. The van der Waals surface area contributed by atoms with E-state index in [9.17, 15) is 0 Å². The van der Waals surface area contributed by atoms with Gasteiger partial charge in [0.05, 0.1) is 19.3 Å². The molecule has 1 N–H and O–H groups in total. The summed E-state index contributed by atoms with van der Waals surface area (Å²) in [6.07, 6.45) is 2.87. The Labute approximate surface area is 77.9 Å². The van der Waals surface area contributed by atoms with Crippen LogP contribution >= 0.6 is 0 Å². The van der Waals surface area contributed by atoms with Crippen molar-refractivity contribution in [2.45, 2.75) is 12.5 Å². The normalized spacial score (nSPS) is 17.3. The van der Waals surface area contributed by atoms with Crippen molar-refractivity contribution in [2.75, 3.05) is 19.8 Å². The summed E-state index contributed by atoms with van der Waals surface area (Å²) in [5.41, 5.74) is 1.27. The highest BCUT2D eigenvalue weighted by molar-refractivity contribution is 5.00. The topological polar surface area (TPSA) is 39.1 Å². The predicted octanol–water partition coefficient (Wildman–Crippen LogP) is -0.0490. The molecule has 0 bridgehead atoms. The number of aromatic nitrogens is 2. The summed E-state index contributed by atoms with van der Waals surface area (Å²) in [6, 6.07) is 2.63. The van der Waals surface area contributed by atoms with Crippen molar-refractivity contribution in [3.8, 4) is 0 Å². The molecule has 0 atom stereocenters. The molecule has 1 aliphatic heterocycles. The van der Waals surface area contributed by atoms with Gasteiger partial charge in [-0.25, -0.2) is 0 Å². The predicted molar refractivity (Wildman–Crippen MR) is 49.5 cm³/mol. The van der Waals surface area contributed by atoms with E-state index in [1.807, 2.05) is 17.9 Å². The van der Waals surface area contributed by atoms with Gasteiger partial charge in [0.15, 0.2) is 0 Å². The maximum Gasteiger partial charge on any atom is 0.0643 e. The molecule has 0 radical (unpaired) electrons. The Morgan fingerprint density at radius 1 is 1.69 bits per heavy atom. The van der Waals surface area contributed by atoms with Crippen LogP contribution in [0.1, 0.15) is 5.69 Å². The molecule has 1 fully saturated rings.